The number of amides is 1. The fourth-order valence-corrected chi connectivity index (χ4v) is 6.03. The Balaban J connectivity index is 1.25. The van der Waals surface area contributed by atoms with Crippen molar-refractivity contribution in [1.29, 1.82) is 0 Å². The van der Waals surface area contributed by atoms with E-state index in [0.29, 0.717) is 12.2 Å². The number of hydrogen-bond donors (Lipinski definition) is 1. The Bertz CT molecular complexity index is 902. The third kappa shape index (κ3) is 3.88. The van der Waals surface area contributed by atoms with Crippen molar-refractivity contribution in [2.45, 2.75) is 32.2 Å². The van der Waals surface area contributed by atoms with Crippen LogP contribution < -0.4 is 5.32 Å². The molecule has 3 heterocycles. The fourth-order valence-electron chi connectivity index (χ4n) is 5.29. The molecule has 2 aromatic heterocycles. The predicted octanol–water partition coefficient (Wildman–Crippen LogP) is 2.87. The van der Waals surface area contributed by atoms with E-state index >= 15 is 0 Å². The van der Waals surface area contributed by atoms with Crippen LogP contribution in [0.4, 0.5) is 0 Å². The Hall–Kier alpha value is -1.70. The molecule has 1 N–H and O–H groups in total. The minimum Gasteiger partial charge on any atom is -0.336 e. The smallest absolute Gasteiger partial charge is 0.274 e. The van der Waals surface area contributed by atoms with Crippen LogP contribution in [-0.4, -0.2) is 64.9 Å². The highest BCUT2D eigenvalue weighted by atomic mass is 32.1. The molecule has 2 aliphatic carbocycles. The largest absolute Gasteiger partial charge is 0.336 e. The molecular weight excluding hydrogens is 382 g/mol. The van der Waals surface area contributed by atoms with E-state index in [2.05, 4.69) is 33.8 Å². The van der Waals surface area contributed by atoms with Crippen molar-refractivity contribution < 1.29 is 4.79 Å². The predicted molar refractivity (Wildman–Crippen MR) is 116 cm³/mol. The molecule has 6 nitrogen and oxygen atoms in total. The van der Waals surface area contributed by atoms with Crippen molar-refractivity contribution in [2.75, 3.05) is 39.8 Å². The molecular formula is C22H31N5OS. The number of hydrogen-bond acceptors (Lipinski definition) is 5. The molecule has 29 heavy (non-hydrogen) atoms. The number of allylic oxidation sites excluding steroid dienone is 2. The van der Waals surface area contributed by atoms with Crippen LogP contribution in [0.25, 0.3) is 4.96 Å². The normalized spacial score (nSPS) is 27.2. The molecule has 0 unspecified atom stereocenters. The van der Waals surface area contributed by atoms with Crippen LogP contribution in [-0.2, 0) is 6.54 Å². The second kappa shape index (κ2) is 8.20. The van der Waals surface area contributed by atoms with Gasteiger partial charge in [0.05, 0.1) is 5.69 Å². The van der Waals surface area contributed by atoms with Crippen molar-refractivity contribution in [3.8, 4) is 0 Å². The Kier molecular flexibility index (Phi) is 5.45. The summed E-state index contributed by atoms with van der Waals surface area (Å²) >= 11 is 1.60. The third-order valence-electron chi connectivity index (χ3n) is 6.97. The van der Waals surface area contributed by atoms with Gasteiger partial charge in [0.2, 0.25) is 0 Å². The van der Waals surface area contributed by atoms with Gasteiger partial charge >= 0.3 is 0 Å². The van der Waals surface area contributed by atoms with Crippen molar-refractivity contribution >= 4 is 22.2 Å². The number of aromatic nitrogens is 2. The summed E-state index contributed by atoms with van der Waals surface area (Å²) in [6.45, 7) is 5.28. The molecule has 0 radical (unpaired) electrons. The fraction of sp³-hybridized carbons (Fsp3) is 0.636. The lowest BCUT2D eigenvalue weighted by atomic mass is 9.91. The first kappa shape index (κ1) is 19.3. The van der Waals surface area contributed by atoms with Crippen molar-refractivity contribution in [2.24, 2.45) is 17.8 Å². The minimum atomic E-state index is 0.0891. The van der Waals surface area contributed by atoms with Gasteiger partial charge in [0.1, 0.15) is 0 Å². The van der Waals surface area contributed by atoms with Gasteiger partial charge in [-0.15, -0.1) is 11.3 Å². The maximum atomic E-state index is 13.3. The number of carbonyl (C=O) groups excluding carboxylic acids is 1. The van der Waals surface area contributed by atoms with E-state index in [9.17, 15) is 4.79 Å². The van der Waals surface area contributed by atoms with E-state index in [-0.39, 0.29) is 5.91 Å². The molecule has 1 saturated carbocycles. The molecule has 1 aliphatic heterocycles. The van der Waals surface area contributed by atoms with Gasteiger partial charge in [-0.2, -0.15) is 0 Å². The summed E-state index contributed by atoms with van der Waals surface area (Å²) in [5, 5.41) is 5.66. The Morgan fingerprint density at radius 3 is 3.00 bits per heavy atom. The highest BCUT2D eigenvalue weighted by molar-refractivity contribution is 7.15. The summed E-state index contributed by atoms with van der Waals surface area (Å²) in [6, 6.07) is 0. The van der Waals surface area contributed by atoms with Gasteiger partial charge in [-0.1, -0.05) is 12.2 Å². The zero-order valence-electron chi connectivity index (χ0n) is 17.2. The van der Waals surface area contributed by atoms with E-state index in [0.717, 1.165) is 67.6 Å². The van der Waals surface area contributed by atoms with Crippen LogP contribution in [0.1, 0.15) is 41.9 Å². The molecule has 156 valence electrons. The van der Waals surface area contributed by atoms with Gasteiger partial charge in [-0.05, 0) is 63.6 Å². The van der Waals surface area contributed by atoms with Gasteiger partial charge in [0.25, 0.3) is 5.91 Å². The quantitative estimate of drug-likeness (QED) is 0.584. The highest BCUT2D eigenvalue weighted by Gasteiger charge is 2.35. The van der Waals surface area contributed by atoms with Gasteiger partial charge in [0.15, 0.2) is 10.7 Å². The number of imidazole rings is 1. The molecule has 0 aromatic carbocycles. The first-order valence-electron chi connectivity index (χ1n) is 11.0. The minimum absolute atomic E-state index is 0.0891. The number of rotatable bonds is 6. The maximum absolute atomic E-state index is 13.3. The molecule has 3 atom stereocenters. The number of likely N-dealkylation sites (N-methyl/N-ethyl adjacent to an activating group) is 1. The zero-order valence-corrected chi connectivity index (χ0v) is 18.0. The SMILES string of the molecule is CN1CCCN(C(=O)c2nc3sccn3c2CNCC[C@@H]2C[C@@H]3C=C[C@H]2C3)CC1. The van der Waals surface area contributed by atoms with Crippen LogP contribution in [0.5, 0.6) is 0 Å². The summed E-state index contributed by atoms with van der Waals surface area (Å²) in [5.74, 6) is 2.56. The first-order chi connectivity index (χ1) is 14.2. The van der Waals surface area contributed by atoms with Crippen molar-refractivity contribution in [3.63, 3.8) is 0 Å². The lowest BCUT2D eigenvalue weighted by molar-refractivity contribution is 0.0756. The maximum Gasteiger partial charge on any atom is 0.274 e. The van der Waals surface area contributed by atoms with Gasteiger partial charge in [0, 0.05) is 37.8 Å². The molecule has 1 amide bonds. The Morgan fingerprint density at radius 2 is 2.17 bits per heavy atom. The average molecular weight is 414 g/mol. The van der Waals surface area contributed by atoms with E-state index in [1.54, 1.807) is 11.3 Å². The Labute approximate surface area is 176 Å². The second-order valence-electron chi connectivity index (χ2n) is 8.92. The Morgan fingerprint density at radius 1 is 1.24 bits per heavy atom. The topological polar surface area (TPSA) is 52.9 Å². The molecule has 1 saturated heterocycles. The van der Waals surface area contributed by atoms with E-state index in [1.807, 2.05) is 16.5 Å². The molecule has 7 heteroatoms. The lowest BCUT2D eigenvalue weighted by Crippen LogP contribution is -2.35. The summed E-state index contributed by atoms with van der Waals surface area (Å²) < 4.78 is 2.09. The van der Waals surface area contributed by atoms with E-state index in [4.69, 9.17) is 4.98 Å². The lowest BCUT2D eigenvalue weighted by Gasteiger charge is -2.20. The standard InChI is InChI=1S/C22H31N5OS/c1-25-7-2-8-26(10-9-25)21(28)20-19(27-11-12-29-22(27)24-20)15-23-6-5-18-14-16-3-4-17(18)13-16/h3-4,11-12,16-18,23H,2,5-10,13-15H2,1H3/t16-,17+,18-/m1/s1. The molecule has 2 fully saturated rings. The van der Waals surface area contributed by atoms with E-state index in [1.165, 1.54) is 19.3 Å². The van der Waals surface area contributed by atoms with Gasteiger partial charge in [-0.25, -0.2) is 4.98 Å². The number of nitrogens with one attached hydrogen (secondary N) is 1. The number of fused-ring (bicyclic) bond motifs is 3. The average Bonchev–Trinajstić information content (AvgIpc) is 3.47. The van der Waals surface area contributed by atoms with Crippen molar-refractivity contribution in [3.05, 3.63) is 35.1 Å². The monoisotopic (exact) mass is 413 g/mol. The molecule has 2 bridgehead atoms. The summed E-state index contributed by atoms with van der Waals surface area (Å²) in [5.41, 5.74) is 1.65. The van der Waals surface area contributed by atoms with Crippen LogP contribution in [0.3, 0.4) is 0 Å². The van der Waals surface area contributed by atoms with Crippen molar-refractivity contribution in [1.82, 2.24) is 24.5 Å². The summed E-state index contributed by atoms with van der Waals surface area (Å²) in [7, 11) is 2.13. The highest BCUT2D eigenvalue weighted by Crippen LogP contribution is 2.44. The van der Waals surface area contributed by atoms with Crippen LogP contribution in [0.15, 0.2) is 23.7 Å². The number of thiazole rings is 1. The molecule has 5 rings (SSSR count). The third-order valence-corrected chi connectivity index (χ3v) is 7.73. The number of nitrogens with zero attached hydrogens (tertiary/aromatic N) is 4. The zero-order chi connectivity index (χ0) is 19.8. The van der Waals surface area contributed by atoms with Crippen LogP contribution in [0, 0.1) is 17.8 Å². The first-order valence-corrected chi connectivity index (χ1v) is 11.9. The van der Waals surface area contributed by atoms with E-state index < -0.39 is 0 Å². The van der Waals surface area contributed by atoms with Gasteiger partial charge in [-0.3, -0.25) is 9.20 Å². The summed E-state index contributed by atoms with van der Waals surface area (Å²) in [6.07, 6.45) is 11.9. The number of carbonyl (C=O) groups is 1. The second-order valence-corrected chi connectivity index (χ2v) is 9.79. The summed E-state index contributed by atoms with van der Waals surface area (Å²) in [4.78, 5) is 23.2. The van der Waals surface area contributed by atoms with Gasteiger partial charge < -0.3 is 15.1 Å². The molecule has 3 aliphatic rings. The molecule has 2 aromatic rings. The van der Waals surface area contributed by atoms with Crippen LogP contribution >= 0.6 is 11.3 Å². The molecule has 0 spiro atoms. The van der Waals surface area contributed by atoms with Crippen LogP contribution in [0.2, 0.25) is 0 Å².